The fourth-order valence-corrected chi connectivity index (χ4v) is 3.85. The molecule has 3 aromatic rings. The Morgan fingerprint density at radius 2 is 1.68 bits per heavy atom. The number of aromatic carboxylic acids is 1. The van der Waals surface area contributed by atoms with E-state index >= 15 is 0 Å². The number of rotatable bonds is 7. The summed E-state index contributed by atoms with van der Waals surface area (Å²) in [4.78, 5) is 27.2. The number of nitrogens with one attached hydrogen (secondary N) is 1. The summed E-state index contributed by atoms with van der Waals surface area (Å²) in [6, 6.07) is 19.8. The van der Waals surface area contributed by atoms with Crippen molar-refractivity contribution in [3.8, 4) is 11.1 Å². The second kappa shape index (κ2) is 9.26. The van der Waals surface area contributed by atoms with Crippen LogP contribution in [0.5, 0.6) is 0 Å². The van der Waals surface area contributed by atoms with Crippen molar-refractivity contribution in [1.82, 2.24) is 10.3 Å². The van der Waals surface area contributed by atoms with Gasteiger partial charge in [-0.25, -0.2) is 14.6 Å². The summed E-state index contributed by atoms with van der Waals surface area (Å²) >= 11 is 0. The number of aromatic nitrogens is 1. The van der Waals surface area contributed by atoms with E-state index in [1.165, 1.54) is 28.5 Å². The highest BCUT2D eigenvalue weighted by Gasteiger charge is 2.28. The first kappa shape index (κ1) is 20.3. The molecule has 0 saturated heterocycles. The van der Waals surface area contributed by atoms with Crippen LogP contribution in [0.3, 0.4) is 0 Å². The molecule has 6 nitrogen and oxygen atoms in total. The Kier molecular flexibility index (Phi) is 6.08. The van der Waals surface area contributed by atoms with Crippen LogP contribution in [-0.4, -0.2) is 35.3 Å². The maximum Gasteiger partial charge on any atom is 0.407 e. The molecule has 1 heterocycles. The van der Waals surface area contributed by atoms with E-state index in [9.17, 15) is 9.59 Å². The number of hydrogen-bond donors (Lipinski definition) is 2. The highest BCUT2D eigenvalue weighted by atomic mass is 16.5. The minimum atomic E-state index is -1.07. The van der Waals surface area contributed by atoms with Crippen LogP contribution in [0.25, 0.3) is 17.2 Å². The van der Waals surface area contributed by atoms with Gasteiger partial charge in [0.15, 0.2) is 5.69 Å². The molecule has 1 aromatic heterocycles. The number of alkyl carbamates (subject to hydrolysis) is 1. The van der Waals surface area contributed by atoms with Crippen LogP contribution in [-0.2, 0) is 4.74 Å². The number of amides is 1. The van der Waals surface area contributed by atoms with Crippen molar-refractivity contribution in [3.05, 3.63) is 95.3 Å². The molecule has 0 fully saturated rings. The number of carbonyl (C=O) groups is 2. The lowest BCUT2D eigenvalue weighted by molar-refractivity contribution is 0.0690. The molecule has 1 aliphatic rings. The molecular formula is C25H22N2O4. The summed E-state index contributed by atoms with van der Waals surface area (Å²) in [6.45, 7) is 0.656. The third-order valence-corrected chi connectivity index (χ3v) is 5.26. The molecule has 0 atom stereocenters. The summed E-state index contributed by atoms with van der Waals surface area (Å²) in [7, 11) is 0. The topological polar surface area (TPSA) is 88.5 Å². The van der Waals surface area contributed by atoms with E-state index in [0.717, 1.165) is 0 Å². The first-order chi connectivity index (χ1) is 15.1. The molecule has 0 bridgehead atoms. The van der Waals surface area contributed by atoms with E-state index < -0.39 is 12.1 Å². The minimum absolute atomic E-state index is 0.00300. The maximum atomic E-state index is 12.2. The Hall–Kier alpha value is -3.93. The maximum absolute atomic E-state index is 12.2. The Labute approximate surface area is 180 Å². The molecule has 6 heteroatoms. The quantitative estimate of drug-likeness (QED) is 0.546. The van der Waals surface area contributed by atoms with Gasteiger partial charge in [-0.3, -0.25) is 0 Å². The number of carboxylic acid groups (broad SMARTS) is 1. The molecule has 2 N–H and O–H groups in total. The average molecular weight is 414 g/mol. The number of carbonyl (C=O) groups excluding carboxylic acids is 1. The van der Waals surface area contributed by atoms with Crippen LogP contribution >= 0.6 is 0 Å². The van der Waals surface area contributed by atoms with E-state index in [1.54, 1.807) is 24.3 Å². The smallest absolute Gasteiger partial charge is 0.407 e. The standard InChI is InChI=1S/C25H22N2O4/c28-24(29)23-17(9-7-15-26-23)8-5-6-14-27-25(30)31-16-22-20-12-3-1-10-18(20)19-11-2-4-13-21(19)22/h1-5,7-13,15,22H,6,14,16H2,(H,27,30)(H,28,29). The van der Waals surface area contributed by atoms with Crippen LogP contribution in [0.2, 0.25) is 0 Å². The van der Waals surface area contributed by atoms with Crippen molar-refractivity contribution in [2.75, 3.05) is 13.2 Å². The Morgan fingerprint density at radius 1 is 1.00 bits per heavy atom. The van der Waals surface area contributed by atoms with Crippen LogP contribution in [0.4, 0.5) is 4.79 Å². The van der Waals surface area contributed by atoms with Crippen LogP contribution in [0.15, 0.2) is 72.9 Å². The third-order valence-electron chi connectivity index (χ3n) is 5.26. The normalized spacial score (nSPS) is 12.4. The Balaban J connectivity index is 1.29. The van der Waals surface area contributed by atoms with Crippen molar-refractivity contribution in [3.63, 3.8) is 0 Å². The number of nitrogens with zero attached hydrogens (tertiary/aromatic N) is 1. The highest BCUT2D eigenvalue weighted by molar-refractivity contribution is 5.89. The molecule has 0 saturated carbocycles. The lowest BCUT2D eigenvalue weighted by Gasteiger charge is -2.14. The lowest BCUT2D eigenvalue weighted by Crippen LogP contribution is -2.26. The number of hydrogen-bond acceptors (Lipinski definition) is 4. The molecule has 31 heavy (non-hydrogen) atoms. The van der Waals surface area contributed by atoms with Crippen LogP contribution in [0.1, 0.15) is 39.5 Å². The SMILES string of the molecule is O=C(NCCC=Cc1cccnc1C(=O)O)OCC1c2ccccc2-c2ccccc21. The van der Waals surface area contributed by atoms with Crippen LogP contribution < -0.4 is 5.32 Å². The fourth-order valence-electron chi connectivity index (χ4n) is 3.85. The summed E-state index contributed by atoms with van der Waals surface area (Å²) < 4.78 is 5.49. The number of benzene rings is 2. The van der Waals surface area contributed by atoms with E-state index in [-0.39, 0.29) is 18.2 Å². The fraction of sp³-hybridized carbons (Fsp3) is 0.160. The zero-order chi connectivity index (χ0) is 21.6. The van der Waals surface area contributed by atoms with E-state index in [2.05, 4.69) is 34.6 Å². The first-order valence-electron chi connectivity index (χ1n) is 10.1. The predicted molar refractivity (Wildman–Crippen MR) is 118 cm³/mol. The first-order valence-corrected chi connectivity index (χ1v) is 10.1. The molecular weight excluding hydrogens is 392 g/mol. The van der Waals surface area contributed by atoms with Gasteiger partial charge in [-0.2, -0.15) is 0 Å². The second-order valence-electron chi connectivity index (χ2n) is 7.19. The average Bonchev–Trinajstić information content (AvgIpc) is 3.11. The van der Waals surface area contributed by atoms with Gasteiger partial charge in [0, 0.05) is 24.2 Å². The Bertz CT molecular complexity index is 1090. The molecule has 4 rings (SSSR count). The summed E-state index contributed by atoms with van der Waals surface area (Å²) in [5, 5.41) is 11.9. The zero-order valence-electron chi connectivity index (χ0n) is 16.8. The van der Waals surface area contributed by atoms with Gasteiger partial charge in [-0.1, -0.05) is 66.7 Å². The third kappa shape index (κ3) is 4.48. The van der Waals surface area contributed by atoms with Gasteiger partial charge < -0.3 is 15.2 Å². The monoisotopic (exact) mass is 414 g/mol. The van der Waals surface area contributed by atoms with Gasteiger partial charge in [0.05, 0.1) is 0 Å². The van der Waals surface area contributed by atoms with Crippen molar-refractivity contribution in [1.29, 1.82) is 0 Å². The van der Waals surface area contributed by atoms with E-state index in [1.807, 2.05) is 24.3 Å². The van der Waals surface area contributed by atoms with Gasteiger partial charge in [0.1, 0.15) is 6.61 Å². The molecule has 1 aliphatic carbocycles. The molecule has 0 spiro atoms. The number of pyridine rings is 1. The largest absolute Gasteiger partial charge is 0.476 e. The second-order valence-corrected chi connectivity index (χ2v) is 7.19. The molecule has 0 radical (unpaired) electrons. The molecule has 0 aliphatic heterocycles. The van der Waals surface area contributed by atoms with Crippen molar-refractivity contribution >= 4 is 18.1 Å². The lowest BCUT2D eigenvalue weighted by atomic mass is 9.98. The summed E-state index contributed by atoms with van der Waals surface area (Å²) in [5.41, 5.74) is 5.25. The van der Waals surface area contributed by atoms with Crippen molar-refractivity contribution < 1.29 is 19.4 Å². The van der Waals surface area contributed by atoms with Gasteiger partial charge in [0.2, 0.25) is 0 Å². The van der Waals surface area contributed by atoms with E-state index in [0.29, 0.717) is 18.5 Å². The molecule has 2 aromatic carbocycles. The minimum Gasteiger partial charge on any atom is -0.476 e. The van der Waals surface area contributed by atoms with Crippen molar-refractivity contribution in [2.45, 2.75) is 12.3 Å². The summed E-state index contributed by atoms with van der Waals surface area (Å²) in [6.07, 6.45) is 5.00. The van der Waals surface area contributed by atoms with Gasteiger partial charge in [-0.05, 0) is 34.7 Å². The zero-order valence-corrected chi connectivity index (χ0v) is 16.8. The molecule has 1 amide bonds. The highest BCUT2D eigenvalue weighted by Crippen LogP contribution is 2.44. The van der Waals surface area contributed by atoms with Gasteiger partial charge in [-0.15, -0.1) is 0 Å². The molecule has 156 valence electrons. The van der Waals surface area contributed by atoms with Gasteiger partial charge >= 0.3 is 12.1 Å². The van der Waals surface area contributed by atoms with Gasteiger partial charge in [0.25, 0.3) is 0 Å². The van der Waals surface area contributed by atoms with Crippen molar-refractivity contribution in [2.24, 2.45) is 0 Å². The number of carboxylic acids is 1. The number of ether oxygens (including phenoxy) is 1. The predicted octanol–water partition coefficient (Wildman–Crippen LogP) is 4.72. The Morgan fingerprint density at radius 3 is 2.35 bits per heavy atom. The van der Waals surface area contributed by atoms with E-state index in [4.69, 9.17) is 9.84 Å². The number of fused-ring (bicyclic) bond motifs is 3. The molecule has 0 unspecified atom stereocenters. The van der Waals surface area contributed by atoms with Crippen LogP contribution in [0, 0.1) is 0 Å². The summed E-state index contributed by atoms with van der Waals surface area (Å²) in [5.74, 6) is -1.05.